The standard InChI is InChI=1S/C25H27N5O2/c1-5-17-8-6-7-9-20(14-17)23-28-29-24(32-23)22-16(2)26-15-21(27-22)18-10-12-19(13-11-18)25(31)30(3)4/h6-15,20,25,31H,5H2,1-4H3. The first kappa shape index (κ1) is 21.8. The largest absolute Gasteiger partial charge is 0.418 e. The summed E-state index contributed by atoms with van der Waals surface area (Å²) in [5, 5.41) is 18.7. The van der Waals surface area contributed by atoms with Crippen molar-refractivity contribution < 1.29 is 9.52 Å². The monoisotopic (exact) mass is 429 g/mol. The van der Waals surface area contributed by atoms with E-state index in [1.54, 1.807) is 11.1 Å². The molecule has 164 valence electrons. The van der Waals surface area contributed by atoms with Gasteiger partial charge in [-0.3, -0.25) is 9.88 Å². The summed E-state index contributed by atoms with van der Waals surface area (Å²) in [6.07, 6.45) is 12.3. The summed E-state index contributed by atoms with van der Waals surface area (Å²) in [5.74, 6) is 0.802. The molecular weight excluding hydrogens is 402 g/mol. The van der Waals surface area contributed by atoms with Crippen LogP contribution in [0.5, 0.6) is 0 Å². The van der Waals surface area contributed by atoms with E-state index in [0.717, 1.165) is 17.5 Å². The molecule has 32 heavy (non-hydrogen) atoms. The van der Waals surface area contributed by atoms with Crippen LogP contribution in [-0.2, 0) is 0 Å². The lowest BCUT2D eigenvalue weighted by Gasteiger charge is -2.18. The fourth-order valence-corrected chi connectivity index (χ4v) is 3.47. The number of nitrogens with zero attached hydrogens (tertiary/aromatic N) is 5. The minimum atomic E-state index is -0.656. The molecule has 3 aromatic rings. The Morgan fingerprint density at radius 1 is 1.12 bits per heavy atom. The smallest absolute Gasteiger partial charge is 0.268 e. The Bertz CT molecular complexity index is 1180. The van der Waals surface area contributed by atoms with Gasteiger partial charge in [-0.25, -0.2) is 4.98 Å². The summed E-state index contributed by atoms with van der Waals surface area (Å²) < 4.78 is 6.02. The highest BCUT2D eigenvalue weighted by atomic mass is 16.4. The van der Waals surface area contributed by atoms with Crippen molar-refractivity contribution in [1.82, 2.24) is 25.1 Å². The number of allylic oxidation sites excluding steroid dienone is 6. The van der Waals surface area contributed by atoms with Gasteiger partial charge in [0.05, 0.1) is 23.5 Å². The maximum absolute atomic E-state index is 10.2. The van der Waals surface area contributed by atoms with Gasteiger partial charge < -0.3 is 9.52 Å². The molecule has 0 saturated heterocycles. The predicted octanol–water partition coefficient (Wildman–Crippen LogP) is 4.60. The van der Waals surface area contributed by atoms with Crippen LogP contribution in [0.1, 0.15) is 42.6 Å². The normalized spacial score (nSPS) is 16.8. The molecule has 7 heteroatoms. The molecule has 2 heterocycles. The molecule has 0 saturated carbocycles. The van der Waals surface area contributed by atoms with Gasteiger partial charge in [0.25, 0.3) is 5.89 Å². The molecule has 1 aliphatic carbocycles. The van der Waals surface area contributed by atoms with E-state index in [9.17, 15) is 5.11 Å². The summed E-state index contributed by atoms with van der Waals surface area (Å²) in [5.41, 5.74) is 4.90. The maximum Gasteiger partial charge on any atom is 0.268 e. The Kier molecular flexibility index (Phi) is 6.39. The second kappa shape index (κ2) is 9.38. The Hall–Kier alpha value is -3.42. The van der Waals surface area contributed by atoms with Gasteiger partial charge in [-0.15, -0.1) is 10.2 Å². The van der Waals surface area contributed by atoms with Gasteiger partial charge in [0.2, 0.25) is 5.89 Å². The van der Waals surface area contributed by atoms with E-state index < -0.39 is 6.23 Å². The Labute approximate surface area is 187 Å². The topological polar surface area (TPSA) is 88.2 Å². The van der Waals surface area contributed by atoms with E-state index in [1.807, 2.05) is 63.5 Å². The summed E-state index contributed by atoms with van der Waals surface area (Å²) in [6, 6.07) is 7.61. The minimum Gasteiger partial charge on any atom is -0.418 e. The molecule has 1 aromatic carbocycles. The molecule has 0 amide bonds. The number of hydrogen-bond donors (Lipinski definition) is 1. The molecule has 1 N–H and O–H groups in total. The highest BCUT2D eigenvalue weighted by Crippen LogP contribution is 2.28. The van der Waals surface area contributed by atoms with Crippen molar-refractivity contribution in [2.75, 3.05) is 14.1 Å². The fraction of sp³-hybridized carbons (Fsp3) is 0.280. The zero-order valence-electron chi connectivity index (χ0n) is 18.7. The average Bonchev–Trinajstić information content (AvgIpc) is 3.17. The molecule has 7 nitrogen and oxygen atoms in total. The minimum absolute atomic E-state index is 0.0756. The first-order valence-corrected chi connectivity index (χ1v) is 10.6. The fourth-order valence-electron chi connectivity index (χ4n) is 3.47. The van der Waals surface area contributed by atoms with Crippen LogP contribution in [0.25, 0.3) is 22.8 Å². The van der Waals surface area contributed by atoms with Crippen molar-refractivity contribution >= 4 is 0 Å². The number of hydrogen-bond acceptors (Lipinski definition) is 7. The quantitative estimate of drug-likeness (QED) is 0.573. The van der Waals surface area contributed by atoms with Crippen molar-refractivity contribution in [3.8, 4) is 22.8 Å². The molecule has 0 bridgehead atoms. The summed E-state index contributed by atoms with van der Waals surface area (Å²) in [6.45, 7) is 3.99. The van der Waals surface area contributed by atoms with E-state index in [-0.39, 0.29) is 5.92 Å². The lowest BCUT2D eigenvalue weighted by Crippen LogP contribution is -2.18. The molecular formula is C25H27N5O2. The van der Waals surface area contributed by atoms with Crippen LogP contribution in [0, 0.1) is 6.92 Å². The number of aryl methyl sites for hydroxylation is 1. The van der Waals surface area contributed by atoms with E-state index >= 15 is 0 Å². The Morgan fingerprint density at radius 2 is 1.91 bits per heavy atom. The van der Waals surface area contributed by atoms with E-state index in [2.05, 4.69) is 34.3 Å². The third-order valence-corrected chi connectivity index (χ3v) is 5.42. The number of aliphatic hydroxyl groups excluding tert-OH is 1. The summed E-state index contributed by atoms with van der Waals surface area (Å²) >= 11 is 0. The molecule has 0 spiro atoms. The van der Waals surface area contributed by atoms with E-state index in [1.165, 1.54) is 5.57 Å². The molecule has 1 aliphatic rings. The molecule has 0 radical (unpaired) electrons. The van der Waals surface area contributed by atoms with Crippen LogP contribution in [0.2, 0.25) is 0 Å². The summed E-state index contributed by atoms with van der Waals surface area (Å²) in [4.78, 5) is 11.0. The molecule has 0 fully saturated rings. The Balaban J connectivity index is 1.63. The Morgan fingerprint density at radius 3 is 2.62 bits per heavy atom. The third kappa shape index (κ3) is 4.59. The first-order chi connectivity index (χ1) is 15.5. The first-order valence-electron chi connectivity index (χ1n) is 10.6. The van der Waals surface area contributed by atoms with Crippen molar-refractivity contribution in [3.05, 3.63) is 83.6 Å². The van der Waals surface area contributed by atoms with Crippen molar-refractivity contribution in [1.29, 1.82) is 0 Å². The van der Waals surface area contributed by atoms with Gasteiger partial charge in [-0.05, 0) is 33.0 Å². The van der Waals surface area contributed by atoms with Crippen LogP contribution in [0.15, 0.2) is 70.8 Å². The number of aliphatic hydroxyl groups is 1. The zero-order valence-corrected chi connectivity index (χ0v) is 18.7. The van der Waals surface area contributed by atoms with Crippen molar-refractivity contribution in [3.63, 3.8) is 0 Å². The van der Waals surface area contributed by atoms with Gasteiger partial charge in [-0.1, -0.05) is 67.1 Å². The molecule has 2 aromatic heterocycles. The second-order valence-electron chi connectivity index (χ2n) is 7.96. The van der Waals surface area contributed by atoms with Gasteiger partial charge in [0.15, 0.2) is 0 Å². The lowest BCUT2D eigenvalue weighted by atomic mass is 10.1. The van der Waals surface area contributed by atoms with Crippen LogP contribution in [0.4, 0.5) is 0 Å². The number of rotatable bonds is 6. The van der Waals surface area contributed by atoms with Crippen LogP contribution < -0.4 is 0 Å². The van der Waals surface area contributed by atoms with Gasteiger partial charge >= 0.3 is 0 Å². The van der Waals surface area contributed by atoms with Gasteiger partial charge in [0, 0.05) is 5.56 Å². The predicted molar refractivity (Wildman–Crippen MR) is 124 cm³/mol. The van der Waals surface area contributed by atoms with Crippen LogP contribution in [0.3, 0.4) is 0 Å². The average molecular weight is 430 g/mol. The molecule has 2 atom stereocenters. The van der Waals surface area contributed by atoms with E-state index in [0.29, 0.717) is 28.9 Å². The molecule has 4 rings (SSSR count). The molecule has 2 unspecified atom stereocenters. The highest BCUT2D eigenvalue weighted by Gasteiger charge is 2.19. The van der Waals surface area contributed by atoms with Gasteiger partial charge in [0.1, 0.15) is 11.9 Å². The SMILES string of the molecule is CCC1=CC(c2nnc(-c3nc(-c4ccc(C(O)N(C)C)cc4)cnc3C)o2)C=CC=C1. The van der Waals surface area contributed by atoms with Crippen LogP contribution in [-0.4, -0.2) is 44.3 Å². The van der Waals surface area contributed by atoms with Crippen molar-refractivity contribution in [2.24, 2.45) is 0 Å². The maximum atomic E-state index is 10.2. The third-order valence-electron chi connectivity index (χ3n) is 5.42. The van der Waals surface area contributed by atoms with E-state index in [4.69, 9.17) is 9.40 Å². The van der Waals surface area contributed by atoms with Gasteiger partial charge in [-0.2, -0.15) is 0 Å². The summed E-state index contributed by atoms with van der Waals surface area (Å²) in [7, 11) is 3.66. The zero-order chi connectivity index (χ0) is 22.7. The number of aromatic nitrogens is 4. The second-order valence-corrected chi connectivity index (χ2v) is 7.96. The van der Waals surface area contributed by atoms with Crippen molar-refractivity contribution in [2.45, 2.75) is 32.4 Å². The number of benzene rings is 1. The highest BCUT2D eigenvalue weighted by molar-refractivity contribution is 5.62. The van der Waals surface area contributed by atoms with Crippen LogP contribution >= 0.6 is 0 Å². The lowest BCUT2D eigenvalue weighted by molar-refractivity contribution is 0.0395. The molecule has 0 aliphatic heterocycles.